The molecule has 1 aliphatic rings. The van der Waals surface area contributed by atoms with Gasteiger partial charge in [-0.1, -0.05) is 0 Å². The fourth-order valence-corrected chi connectivity index (χ4v) is 1.60. The number of carbonyl (C=O) groups excluding carboxylic acids is 1. The Hall–Kier alpha value is -1.69. The molecule has 1 fully saturated rings. The van der Waals surface area contributed by atoms with Gasteiger partial charge in [-0.25, -0.2) is 9.97 Å². The van der Waals surface area contributed by atoms with E-state index < -0.39 is 5.91 Å². The smallest absolute Gasteiger partial charge is 0.271 e. The van der Waals surface area contributed by atoms with Crippen LogP contribution in [0.1, 0.15) is 16.9 Å². The van der Waals surface area contributed by atoms with Crippen LogP contribution in [0.2, 0.25) is 0 Å². The lowest BCUT2D eigenvalue weighted by Crippen LogP contribution is -2.25. The first-order chi connectivity index (χ1) is 7.27. The van der Waals surface area contributed by atoms with E-state index in [1.54, 1.807) is 0 Å². The first-order valence-corrected chi connectivity index (χ1v) is 4.85. The van der Waals surface area contributed by atoms with Gasteiger partial charge in [-0.05, 0) is 13.0 Å². The van der Waals surface area contributed by atoms with Crippen molar-refractivity contribution in [2.24, 2.45) is 5.73 Å². The van der Waals surface area contributed by atoms with Crippen molar-refractivity contribution in [3.05, 3.63) is 18.1 Å². The zero-order valence-corrected chi connectivity index (χ0v) is 8.23. The normalized spacial score (nSPS) is 20.1. The summed E-state index contributed by atoms with van der Waals surface area (Å²) in [6, 6.07) is 0.291. The Morgan fingerprint density at radius 1 is 1.53 bits per heavy atom. The SMILES string of the molecule is NC(=O)c1nccnc1N[C@@H]1CCNC1. The quantitative estimate of drug-likeness (QED) is 0.612. The third kappa shape index (κ3) is 2.21. The molecule has 4 N–H and O–H groups in total. The zero-order chi connectivity index (χ0) is 10.7. The van der Waals surface area contributed by atoms with E-state index in [-0.39, 0.29) is 5.69 Å². The highest BCUT2D eigenvalue weighted by Crippen LogP contribution is 2.11. The largest absolute Gasteiger partial charge is 0.364 e. The molecule has 1 atom stereocenters. The number of carbonyl (C=O) groups is 1. The predicted octanol–water partition coefficient (Wildman–Crippen LogP) is -0.651. The predicted molar refractivity (Wildman–Crippen MR) is 55.4 cm³/mol. The van der Waals surface area contributed by atoms with E-state index >= 15 is 0 Å². The summed E-state index contributed by atoms with van der Waals surface area (Å²) in [6.45, 7) is 1.85. The molecule has 1 aliphatic heterocycles. The van der Waals surface area contributed by atoms with Gasteiger partial charge in [0.2, 0.25) is 0 Å². The van der Waals surface area contributed by atoms with Gasteiger partial charge in [0.05, 0.1) is 0 Å². The lowest BCUT2D eigenvalue weighted by atomic mass is 10.2. The van der Waals surface area contributed by atoms with Crippen LogP contribution in [0.25, 0.3) is 0 Å². The third-order valence-corrected chi connectivity index (χ3v) is 2.33. The van der Waals surface area contributed by atoms with E-state index in [4.69, 9.17) is 5.73 Å². The summed E-state index contributed by atoms with van der Waals surface area (Å²) >= 11 is 0. The number of hydrogen-bond donors (Lipinski definition) is 3. The van der Waals surface area contributed by atoms with Crippen LogP contribution < -0.4 is 16.4 Å². The van der Waals surface area contributed by atoms with Gasteiger partial charge in [0.15, 0.2) is 11.5 Å². The van der Waals surface area contributed by atoms with Crippen LogP contribution >= 0.6 is 0 Å². The molecule has 0 saturated carbocycles. The summed E-state index contributed by atoms with van der Waals surface area (Å²) < 4.78 is 0. The minimum atomic E-state index is -0.559. The number of amides is 1. The molecule has 0 radical (unpaired) electrons. The number of aromatic nitrogens is 2. The van der Waals surface area contributed by atoms with Crippen molar-refractivity contribution < 1.29 is 4.79 Å². The van der Waals surface area contributed by atoms with E-state index in [9.17, 15) is 4.79 Å². The van der Waals surface area contributed by atoms with Gasteiger partial charge >= 0.3 is 0 Å². The summed E-state index contributed by atoms with van der Waals surface area (Å²) in [6.07, 6.45) is 4.00. The van der Waals surface area contributed by atoms with E-state index in [1.807, 2.05) is 0 Å². The van der Waals surface area contributed by atoms with Crippen molar-refractivity contribution in [3.63, 3.8) is 0 Å². The maximum Gasteiger partial charge on any atom is 0.271 e. The molecule has 2 rings (SSSR count). The number of rotatable bonds is 3. The number of nitrogens with one attached hydrogen (secondary N) is 2. The summed E-state index contributed by atoms with van der Waals surface area (Å²) in [4.78, 5) is 19.0. The molecule has 6 heteroatoms. The van der Waals surface area contributed by atoms with Crippen molar-refractivity contribution >= 4 is 11.7 Å². The molecule has 1 aromatic heterocycles. The molecule has 0 unspecified atom stereocenters. The second kappa shape index (κ2) is 4.22. The fraction of sp³-hybridized carbons (Fsp3) is 0.444. The first-order valence-electron chi connectivity index (χ1n) is 4.85. The first kappa shape index (κ1) is 9.85. The van der Waals surface area contributed by atoms with Crippen LogP contribution in [-0.4, -0.2) is 35.0 Å². The number of nitrogens with two attached hydrogens (primary N) is 1. The molecule has 15 heavy (non-hydrogen) atoms. The second-order valence-electron chi connectivity index (χ2n) is 3.45. The van der Waals surface area contributed by atoms with Crippen molar-refractivity contribution in [1.29, 1.82) is 0 Å². The molecule has 0 bridgehead atoms. The van der Waals surface area contributed by atoms with Gasteiger partial charge in [-0.3, -0.25) is 4.79 Å². The van der Waals surface area contributed by atoms with E-state index in [0.29, 0.717) is 11.9 Å². The van der Waals surface area contributed by atoms with Gasteiger partial charge in [-0.2, -0.15) is 0 Å². The van der Waals surface area contributed by atoms with Crippen molar-refractivity contribution in [3.8, 4) is 0 Å². The molecule has 0 spiro atoms. The third-order valence-electron chi connectivity index (χ3n) is 2.33. The Morgan fingerprint density at radius 3 is 3.00 bits per heavy atom. The number of anilines is 1. The van der Waals surface area contributed by atoms with Crippen LogP contribution in [-0.2, 0) is 0 Å². The average molecular weight is 207 g/mol. The highest BCUT2D eigenvalue weighted by molar-refractivity contribution is 5.95. The Balaban J connectivity index is 2.15. The Morgan fingerprint density at radius 2 is 2.33 bits per heavy atom. The van der Waals surface area contributed by atoms with Gasteiger partial charge < -0.3 is 16.4 Å². The van der Waals surface area contributed by atoms with Crippen LogP contribution in [0.3, 0.4) is 0 Å². The summed E-state index contributed by atoms with van der Waals surface area (Å²) in [5, 5.41) is 6.37. The molecule has 80 valence electrons. The minimum Gasteiger partial charge on any atom is -0.364 e. The Labute approximate surface area is 87.3 Å². The molecular formula is C9H13N5O. The van der Waals surface area contributed by atoms with Crippen molar-refractivity contribution in [1.82, 2.24) is 15.3 Å². The summed E-state index contributed by atoms with van der Waals surface area (Å²) in [5.74, 6) is -0.0877. The maximum absolute atomic E-state index is 11.1. The molecular weight excluding hydrogens is 194 g/mol. The van der Waals surface area contributed by atoms with Gasteiger partial charge in [0.25, 0.3) is 5.91 Å². The summed E-state index contributed by atoms with van der Waals surface area (Å²) in [7, 11) is 0. The van der Waals surface area contributed by atoms with Crippen molar-refractivity contribution in [2.45, 2.75) is 12.5 Å². The number of nitrogens with zero attached hydrogens (tertiary/aromatic N) is 2. The number of primary amides is 1. The molecule has 1 saturated heterocycles. The molecule has 1 amide bonds. The highest BCUT2D eigenvalue weighted by atomic mass is 16.1. The van der Waals surface area contributed by atoms with Gasteiger partial charge in [0, 0.05) is 25.0 Å². The molecule has 0 aromatic carbocycles. The van der Waals surface area contributed by atoms with Crippen LogP contribution in [0, 0.1) is 0 Å². The van der Waals surface area contributed by atoms with Crippen LogP contribution in [0.5, 0.6) is 0 Å². The average Bonchev–Trinajstić information content (AvgIpc) is 2.71. The lowest BCUT2D eigenvalue weighted by molar-refractivity contribution is 0.0996. The maximum atomic E-state index is 11.1. The zero-order valence-electron chi connectivity index (χ0n) is 8.23. The monoisotopic (exact) mass is 207 g/mol. The Bertz CT molecular complexity index is 361. The second-order valence-corrected chi connectivity index (χ2v) is 3.45. The Kier molecular flexibility index (Phi) is 2.77. The lowest BCUT2D eigenvalue weighted by Gasteiger charge is -2.12. The topological polar surface area (TPSA) is 92.9 Å². The van der Waals surface area contributed by atoms with Crippen LogP contribution in [0.15, 0.2) is 12.4 Å². The fourth-order valence-electron chi connectivity index (χ4n) is 1.60. The molecule has 6 nitrogen and oxygen atoms in total. The van der Waals surface area contributed by atoms with Crippen LogP contribution in [0.4, 0.5) is 5.82 Å². The number of hydrogen-bond acceptors (Lipinski definition) is 5. The van der Waals surface area contributed by atoms with E-state index in [1.165, 1.54) is 12.4 Å². The van der Waals surface area contributed by atoms with E-state index in [0.717, 1.165) is 19.5 Å². The molecule has 0 aliphatic carbocycles. The minimum absolute atomic E-state index is 0.199. The van der Waals surface area contributed by atoms with Gasteiger partial charge in [0.1, 0.15) is 0 Å². The molecule has 1 aromatic rings. The highest BCUT2D eigenvalue weighted by Gasteiger charge is 2.18. The summed E-state index contributed by atoms with van der Waals surface area (Å²) in [5.41, 5.74) is 5.39. The van der Waals surface area contributed by atoms with E-state index in [2.05, 4.69) is 20.6 Å². The molecule has 2 heterocycles. The van der Waals surface area contributed by atoms with Gasteiger partial charge in [-0.15, -0.1) is 0 Å². The standard InChI is InChI=1S/C9H13N5O/c10-8(15)7-9(13-4-3-12-7)14-6-1-2-11-5-6/h3-4,6,11H,1-2,5H2,(H2,10,15)(H,13,14)/t6-/m1/s1. The van der Waals surface area contributed by atoms with Crippen molar-refractivity contribution in [2.75, 3.05) is 18.4 Å².